The van der Waals surface area contributed by atoms with Gasteiger partial charge in [0.15, 0.2) is 5.13 Å². The molecule has 0 spiro atoms. The molecular weight excluding hydrogens is 408 g/mol. The summed E-state index contributed by atoms with van der Waals surface area (Å²) in [6, 6.07) is 21.8. The topological polar surface area (TPSA) is 85.1 Å². The van der Waals surface area contributed by atoms with Gasteiger partial charge in [-0.2, -0.15) is 4.98 Å². The van der Waals surface area contributed by atoms with Crippen molar-refractivity contribution in [2.45, 2.75) is 13.8 Å². The van der Waals surface area contributed by atoms with E-state index in [0.29, 0.717) is 10.9 Å². The number of fused-ring (bicyclic) bond motifs is 1. The van der Waals surface area contributed by atoms with Crippen molar-refractivity contribution in [1.29, 1.82) is 0 Å². The van der Waals surface area contributed by atoms with Gasteiger partial charge >= 0.3 is 0 Å². The van der Waals surface area contributed by atoms with Crippen LogP contribution in [-0.2, 0) is 0 Å². The first kappa shape index (κ1) is 19.1. The Morgan fingerprint density at radius 1 is 0.903 bits per heavy atom. The molecule has 0 bridgehead atoms. The summed E-state index contributed by atoms with van der Waals surface area (Å²) in [7, 11) is 0. The molecule has 5 rings (SSSR count). The second kappa shape index (κ2) is 7.73. The molecule has 1 N–H and O–H groups in total. The molecule has 3 heterocycles. The molecule has 0 atom stereocenters. The van der Waals surface area contributed by atoms with Crippen LogP contribution in [0.5, 0.6) is 0 Å². The van der Waals surface area contributed by atoms with Gasteiger partial charge in [0.1, 0.15) is 0 Å². The first-order chi connectivity index (χ1) is 15.1. The predicted molar refractivity (Wildman–Crippen MR) is 121 cm³/mol. The molecule has 8 heteroatoms. The van der Waals surface area contributed by atoms with Crippen LogP contribution in [0.4, 0.5) is 5.13 Å². The molecule has 3 aromatic heterocycles. The minimum Gasteiger partial charge on any atom is -0.295 e. The molecule has 0 fully saturated rings. The Labute approximate surface area is 182 Å². The van der Waals surface area contributed by atoms with E-state index in [1.807, 2.05) is 80.6 Å². The number of aryl methyl sites for hydroxylation is 2. The second-order valence-electron chi connectivity index (χ2n) is 7.07. The Morgan fingerprint density at radius 3 is 2.29 bits per heavy atom. The maximum Gasteiger partial charge on any atom is 0.297 e. The number of amides is 1. The van der Waals surface area contributed by atoms with Crippen molar-refractivity contribution >= 4 is 28.2 Å². The Kier molecular flexibility index (Phi) is 4.76. The Bertz CT molecular complexity index is 1340. The fourth-order valence-corrected chi connectivity index (χ4v) is 4.35. The van der Waals surface area contributed by atoms with Gasteiger partial charge in [-0.3, -0.25) is 10.1 Å². The zero-order valence-electron chi connectivity index (χ0n) is 16.9. The molecular formula is C23H18N6OS. The third kappa shape index (κ3) is 3.69. The van der Waals surface area contributed by atoms with Gasteiger partial charge in [-0.1, -0.05) is 72.0 Å². The van der Waals surface area contributed by atoms with E-state index in [1.54, 1.807) is 4.52 Å². The summed E-state index contributed by atoms with van der Waals surface area (Å²) in [6.07, 6.45) is 0. The number of benzene rings is 2. The summed E-state index contributed by atoms with van der Waals surface area (Å²) >= 11 is 1.42. The molecule has 0 aliphatic carbocycles. The number of thiazole rings is 1. The van der Waals surface area contributed by atoms with E-state index in [2.05, 4.69) is 20.4 Å². The van der Waals surface area contributed by atoms with Gasteiger partial charge in [0.05, 0.1) is 10.6 Å². The largest absolute Gasteiger partial charge is 0.297 e. The van der Waals surface area contributed by atoms with E-state index in [4.69, 9.17) is 4.98 Å². The van der Waals surface area contributed by atoms with Crippen molar-refractivity contribution in [1.82, 2.24) is 24.6 Å². The third-order valence-electron chi connectivity index (χ3n) is 4.75. The lowest BCUT2D eigenvalue weighted by Crippen LogP contribution is -2.13. The monoisotopic (exact) mass is 426 g/mol. The third-order valence-corrected chi connectivity index (χ3v) is 5.77. The number of rotatable bonds is 4. The lowest BCUT2D eigenvalue weighted by molar-refractivity contribution is 0.101. The van der Waals surface area contributed by atoms with Crippen molar-refractivity contribution in [3.8, 4) is 21.7 Å². The number of nitrogens with one attached hydrogen (secondary N) is 1. The summed E-state index contributed by atoms with van der Waals surface area (Å²) in [6.45, 7) is 3.78. The number of anilines is 1. The number of aromatic nitrogens is 5. The maximum atomic E-state index is 12.9. The number of nitrogens with zero attached hydrogens (tertiary/aromatic N) is 5. The number of carbonyl (C=O) groups excluding carboxylic acids is 1. The highest BCUT2D eigenvalue weighted by molar-refractivity contribution is 7.19. The number of hydrogen-bond acceptors (Lipinski definition) is 6. The Balaban J connectivity index is 1.52. The van der Waals surface area contributed by atoms with Crippen LogP contribution in [0.2, 0.25) is 0 Å². The van der Waals surface area contributed by atoms with Crippen LogP contribution in [0.1, 0.15) is 22.0 Å². The fraction of sp³-hybridized carbons (Fsp3) is 0.0870. The van der Waals surface area contributed by atoms with Crippen molar-refractivity contribution in [2.24, 2.45) is 0 Å². The van der Waals surface area contributed by atoms with Gasteiger partial charge in [0, 0.05) is 17.0 Å². The lowest BCUT2D eigenvalue weighted by Gasteiger charge is -2.02. The van der Waals surface area contributed by atoms with E-state index in [0.717, 1.165) is 33.1 Å². The number of carbonyl (C=O) groups is 1. The summed E-state index contributed by atoms with van der Waals surface area (Å²) in [4.78, 5) is 27.2. The molecule has 0 unspecified atom stereocenters. The van der Waals surface area contributed by atoms with Crippen molar-refractivity contribution in [3.63, 3.8) is 0 Å². The summed E-state index contributed by atoms with van der Waals surface area (Å²) in [5.74, 6) is 0.0335. The molecule has 0 aliphatic rings. The van der Waals surface area contributed by atoms with Gasteiger partial charge in [0.2, 0.25) is 5.82 Å². The smallest absolute Gasteiger partial charge is 0.295 e. The average Bonchev–Trinajstić information content (AvgIpc) is 3.40. The van der Waals surface area contributed by atoms with Crippen LogP contribution >= 0.6 is 11.3 Å². The van der Waals surface area contributed by atoms with Crippen LogP contribution in [0.3, 0.4) is 0 Å². The predicted octanol–water partition coefficient (Wildman–Crippen LogP) is 4.78. The van der Waals surface area contributed by atoms with E-state index < -0.39 is 5.91 Å². The highest BCUT2D eigenvalue weighted by atomic mass is 32.1. The number of hydrogen-bond donors (Lipinski definition) is 1. The van der Waals surface area contributed by atoms with Crippen molar-refractivity contribution in [3.05, 3.63) is 83.9 Å². The molecule has 31 heavy (non-hydrogen) atoms. The minimum absolute atomic E-state index is 0.0546. The molecule has 5 aromatic rings. The van der Waals surface area contributed by atoms with E-state index >= 15 is 0 Å². The summed E-state index contributed by atoms with van der Waals surface area (Å²) in [5.41, 5.74) is 4.54. The van der Waals surface area contributed by atoms with Crippen LogP contribution in [0.25, 0.3) is 27.5 Å². The quantitative estimate of drug-likeness (QED) is 0.447. The lowest BCUT2D eigenvalue weighted by atomic mass is 10.1. The molecule has 1 amide bonds. The average molecular weight is 427 g/mol. The maximum absolute atomic E-state index is 12.9. The second-order valence-corrected chi connectivity index (χ2v) is 8.07. The highest BCUT2D eigenvalue weighted by Gasteiger charge is 2.20. The van der Waals surface area contributed by atoms with Crippen LogP contribution in [-0.4, -0.2) is 30.5 Å². The van der Waals surface area contributed by atoms with Crippen molar-refractivity contribution in [2.75, 3.05) is 5.32 Å². The zero-order chi connectivity index (χ0) is 21.4. The molecule has 0 radical (unpaired) electrons. The normalized spacial score (nSPS) is 11.0. The Morgan fingerprint density at radius 2 is 1.58 bits per heavy atom. The fourth-order valence-electron chi connectivity index (χ4n) is 3.37. The van der Waals surface area contributed by atoms with Gasteiger partial charge in [-0.25, -0.2) is 14.5 Å². The highest BCUT2D eigenvalue weighted by Crippen LogP contribution is 2.38. The molecule has 0 aliphatic heterocycles. The van der Waals surface area contributed by atoms with Gasteiger partial charge in [0.25, 0.3) is 11.7 Å². The minimum atomic E-state index is -0.421. The van der Waals surface area contributed by atoms with E-state index in [9.17, 15) is 4.79 Å². The zero-order valence-corrected chi connectivity index (χ0v) is 17.7. The van der Waals surface area contributed by atoms with Crippen LogP contribution < -0.4 is 5.32 Å². The Hall–Kier alpha value is -3.91. The summed E-state index contributed by atoms with van der Waals surface area (Å²) < 4.78 is 1.56. The molecule has 0 saturated carbocycles. The molecule has 7 nitrogen and oxygen atoms in total. The van der Waals surface area contributed by atoms with Crippen LogP contribution in [0, 0.1) is 13.8 Å². The SMILES string of the molecule is Cc1cc(C)n2nc(C(=O)Nc3nc(-c4ccccc4)c(-c4ccccc4)s3)nc2n1. The van der Waals surface area contributed by atoms with Gasteiger partial charge < -0.3 is 0 Å². The van der Waals surface area contributed by atoms with Gasteiger partial charge in [-0.15, -0.1) is 5.10 Å². The molecule has 2 aromatic carbocycles. The molecule has 0 saturated heterocycles. The van der Waals surface area contributed by atoms with Gasteiger partial charge in [-0.05, 0) is 25.5 Å². The standard InChI is InChI=1S/C23H18N6OS/c1-14-13-15(2)29-22(24-14)26-20(28-29)21(30)27-23-25-18(16-9-5-3-6-10-16)19(31-23)17-11-7-4-8-12-17/h3-13H,1-2H3,(H,25,27,30). The van der Waals surface area contributed by atoms with Crippen molar-refractivity contribution < 1.29 is 4.79 Å². The first-order valence-electron chi connectivity index (χ1n) is 9.72. The van der Waals surface area contributed by atoms with E-state index in [1.165, 1.54) is 11.3 Å². The molecule has 152 valence electrons. The van der Waals surface area contributed by atoms with E-state index in [-0.39, 0.29) is 5.82 Å². The van der Waals surface area contributed by atoms with Crippen LogP contribution in [0.15, 0.2) is 66.7 Å². The first-order valence-corrected chi connectivity index (χ1v) is 10.5. The summed E-state index contributed by atoms with van der Waals surface area (Å²) in [5, 5.41) is 7.65.